The number of aromatic nitrogens is 2. The maximum Gasteiger partial charge on any atom is 0.222 e. The Balaban J connectivity index is 0.00000109. The predicted molar refractivity (Wildman–Crippen MR) is 105 cm³/mol. The van der Waals surface area contributed by atoms with E-state index in [0.717, 1.165) is 48.3 Å². The van der Waals surface area contributed by atoms with Crippen LogP contribution in [0.1, 0.15) is 38.7 Å². The third-order valence-corrected chi connectivity index (χ3v) is 4.72. The number of carbonyl (C=O) groups is 1. The molecule has 5 nitrogen and oxygen atoms in total. The Kier molecular flexibility index (Phi) is 8.28. The highest BCUT2D eigenvalue weighted by molar-refractivity contribution is 7.98. The summed E-state index contributed by atoms with van der Waals surface area (Å²) in [5.41, 5.74) is 3.17. The molecule has 3 rings (SSSR count). The second-order valence-electron chi connectivity index (χ2n) is 5.84. The van der Waals surface area contributed by atoms with Crippen molar-refractivity contribution in [2.45, 2.75) is 46.4 Å². The highest BCUT2D eigenvalue weighted by Crippen LogP contribution is 2.19. The fraction of sp³-hybridized carbons (Fsp3) is 0.579. The molecule has 0 aliphatic carbocycles. The monoisotopic (exact) mass is 363 g/mol. The maximum absolute atomic E-state index is 11.9. The van der Waals surface area contributed by atoms with Crippen LogP contribution >= 0.6 is 11.8 Å². The Hall–Kier alpha value is -1.53. The van der Waals surface area contributed by atoms with E-state index < -0.39 is 0 Å². The van der Waals surface area contributed by atoms with Crippen molar-refractivity contribution in [1.82, 2.24) is 14.5 Å². The van der Waals surface area contributed by atoms with Crippen LogP contribution in [0.3, 0.4) is 0 Å². The van der Waals surface area contributed by atoms with E-state index >= 15 is 0 Å². The smallest absolute Gasteiger partial charge is 0.222 e. The highest BCUT2D eigenvalue weighted by Gasteiger charge is 2.18. The van der Waals surface area contributed by atoms with Crippen LogP contribution in [-0.2, 0) is 22.8 Å². The van der Waals surface area contributed by atoms with Crippen molar-refractivity contribution >= 4 is 28.7 Å². The molecule has 0 unspecified atom stereocenters. The number of hydrogen-bond donors (Lipinski definition) is 0. The van der Waals surface area contributed by atoms with E-state index in [9.17, 15) is 4.79 Å². The summed E-state index contributed by atoms with van der Waals surface area (Å²) in [5, 5.41) is 0. The van der Waals surface area contributed by atoms with Crippen molar-refractivity contribution in [3.05, 3.63) is 30.1 Å². The van der Waals surface area contributed by atoms with Crippen molar-refractivity contribution in [3.63, 3.8) is 0 Å². The summed E-state index contributed by atoms with van der Waals surface area (Å²) in [7, 11) is 0. The van der Waals surface area contributed by atoms with Gasteiger partial charge in [-0.2, -0.15) is 11.8 Å². The Morgan fingerprint density at radius 1 is 1.28 bits per heavy atom. The van der Waals surface area contributed by atoms with Crippen LogP contribution in [0.15, 0.2) is 24.5 Å². The fourth-order valence-electron chi connectivity index (χ4n) is 2.87. The van der Waals surface area contributed by atoms with E-state index in [1.807, 2.05) is 29.6 Å². The quantitative estimate of drug-likeness (QED) is 0.700. The molecule has 0 saturated carbocycles. The largest absolute Gasteiger partial charge is 0.360 e. The molecule has 0 radical (unpaired) electrons. The average Bonchev–Trinajstić information content (AvgIpc) is 3.05. The lowest BCUT2D eigenvalue weighted by atomic mass is 10.1. The highest BCUT2D eigenvalue weighted by atomic mass is 32.2. The van der Waals surface area contributed by atoms with E-state index in [4.69, 9.17) is 4.74 Å². The van der Waals surface area contributed by atoms with Crippen molar-refractivity contribution < 1.29 is 9.53 Å². The molecule has 2 heterocycles. The number of benzene rings is 1. The van der Waals surface area contributed by atoms with Gasteiger partial charge in [-0.15, -0.1) is 0 Å². The fourth-order valence-corrected chi connectivity index (χ4v) is 3.15. The molecule has 1 aliphatic heterocycles. The molecule has 1 saturated heterocycles. The van der Waals surface area contributed by atoms with E-state index in [0.29, 0.717) is 19.7 Å². The maximum atomic E-state index is 11.9. The third kappa shape index (κ3) is 5.47. The molecule has 1 amide bonds. The summed E-state index contributed by atoms with van der Waals surface area (Å²) < 4.78 is 7.66. The number of fused-ring (bicyclic) bond motifs is 1. The molecule has 1 aromatic heterocycles. The molecular weight excluding hydrogens is 334 g/mol. The lowest BCUT2D eigenvalue weighted by molar-refractivity contribution is -0.133. The molecule has 1 aliphatic rings. The number of rotatable bonds is 7. The zero-order valence-corrected chi connectivity index (χ0v) is 16.3. The second kappa shape index (κ2) is 10.5. The van der Waals surface area contributed by atoms with E-state index in [1.54, 1.807) is 11.8 Å². The van der Waals surface area contributed by atoms with Gasteiger partial charge >= 0.3 is 0 Å². The first kappa shape index (κ1) is 19.8. The molecule has 6 heteroatoms. The lowest BCUT2D eigenvalue weighted by Crippen LogP contribution is -2.34. The third-order valence-electron chi connectivity index (χ3n) is 4.14. The zero-order chi connectivity index (χ0) is 18.1. The number of carbonyl (C=O) groups excluding carboxylic acids is 1. The van der Waals surface area contributed by atoms with Crippen LogP contribution in [0, 0.1) is 0 Å². The molecule has 25 heavy (non-hydrogen) atoms. The minimum atomic E-state index is 0.268. The molecule has 0 bridgehead atoms. The van der Waals surface area contributed by atoms with Gasteiger partial charge in [-0.1, -0.05) is 19.9 Å². The summed E-state index contributed by atoms with van der Waals surface area (Å²) >= 11 is 1.78. The molecule has 0 N–H and O–H groups in total. The van der Waals surface area contributed by atoms with Crippen LogP contribution < -0.4 is 0 Å². The van der Waals surface area contributed by atoms with Gasteiger partial charge in [0, 0.05) is 25.3 Å². The number of imidazole rings is 1. The molecular formula is C19H29N3O2S. The number of thioether (sulfide) groups is 1. The van der Waals surface area contributed by atoms with Gasteiger partial charge in [0.25, 0.3) is 0 Å². The molecule has 0 atom stereocenters. The van der Waals surface area contributed by atoms with Gasteiger partial charge in [0.05, 0.1) is 24.0 Å². The summed E-state index contributed by atoms with van der Waals surface area (Å²) in [6.07, 6.45) is 6.71. The molecule has 2 aromatic rings. The number of hydrogen-bond acceptors (Lipinski definition) is 4. The van der Waals surface area contributed by atoms with Crippen LogP contribution in [0.4, 0.5) is 0 Å². The topological polar surface area (TPSA) is 47.4 Å². The zero-order valence-electron chi connectivity index (χ0n) is 15.5. The molecule has 1 aromatic carbocycles. The first-order valence-electron chi connectivity index (χ1n) is 9.06. The Bertz CT molecular complexity index is 672. The summed E-state index contributed by atoms with van der Waals surface area (Å²) in [6.45, 7) is 6.83. The average molecular weight is 364 g/mol. The van der Waals surface area contributed by atoms with Crippen LogP contribution in [0.5, 0.6) is 0 Å². The van der Waals surface area contributed by atoms with Crippen molar-refractivity contribution in [2.75, 3.05) is 25.2 Å². The first-order chi connectivity index (χ1) is 12.3. The second-order valence-corrected chi connectivity index (χ2v) is 6.83. The van der Waals surface area contributed by atoms with Crippen molar-refractivity contribution in [2.24, 2.45) is 0 Å². The normalized spacial score (nSPS) is 14.5. The molecule has 1 fully saturated rings. The van der Waals surface area contributed by atoms with Crippen molar-refractivity contribution in [3.8, 4) is 0 Å². The van der Waals surface area contributed by atoms with Crippen molar-refractivity contribution in [1.29, 1.82) is 0 Å². The predicted octanol–water partition coefficient (Wildman–Crippen LogP) is 3.91. The van der Waals surface area contributed by atoms with Gasteiger partial charge in [0.15, 0.2) is 0 Å². The van der Waals surface area contributed by atoms with Gasteiger partial charge in [0.1, 0.15) is 6.73 Å². The Morgan fingerprint density at radius 2 is 2.12 bits per heavy atom. The van der Waals surface area contributed by atoms with Gasteiger partial charge in [-0.25, -0.2) is 4.98 Å². The number of piperidine rings is 1. The van der Waals surface area contributed by atoms with Gasteiger partial charge in [-0.3, -0.25) is 4.79 Å². The van der Waals surface area contributed by atoms with Gasteiger partial charge < -0.3 is 14.2 Å². The SMILES string of the molecule is CC.CSCCOCn1cnc2cc(CN3CCCCC3=O)ccc21. The van der Waals surface area contributed by atoms with Gasteiger partial charge in [0.2, 0.25) is 5.91 Å². The summed E-state index contributed by atoms with van der Waals surface area (Å²) in [6, 6.07) is 6.24. The lowest BCUT2D eigenvalue weighted by Gasteiger charge is -2.26. The van der Waals surface area contributed by atoms with Crippen LogP contribution in [0.25, 0.3) is 11.0 Å². The van der Waals surface area contributed by atoms with Crippen LogP contribution in [0.2, 0.25) is 0 Å². The van der Waals surface area contributed by atoms with E-state index in [2.05, 4.69) is 29.4 Å². The summed E-state index contributed by atoms with van der Waals surface area (Å²) in [5.74, 6) is 1.27. The minimum Gasteiger partial charge on any atom is -0.360 e. The Morgan fingerprint density at radius 3 is 2.88 bits per heavy atom. The number of likely N-dealkylation sites (tertiary alicyclic amines) is 1. The molecule has 0 spiro atoms. The Labute approximate surface area is 154 Å². The minimum absolute atomic E-state index is 0.268. The standard InChI is InChI=1S/C17H23N3O2S.C2H6/c1-23-9-8-22-13-20-12-18-15-10-14(5-6-16(15)20)11-19-7-3-2-4-17(19)21;1-2/h5-6,10,12H,2-4,7-9,11,13H2,1H3;1-2H3. The molecule has 138 valence electrons. The first-order valence-corrected chi connectivity index (χ1v) is 10.5. The van der Waals surface area contributed by atoms with E-state index in [-0.39, 0.29) is 5.91 Å². The summed E-state index contributed by atoms with van der Waals surface area (Å²) in [4.78, 5) is 18.3. The number of nitrogens with zero attached hydrogens (tertiary/aromatic N) is 3. The number of amides is 1. The number of ether oxygens (including phenoxy) is 1. The van der Waals surface area contributed by atoms with Crippen LogP contribution in [-0.4, -0.2) is 45.5 Å². The van der Waals surface area contributed by atoms with E-state index in [1.165, 1.54) is 0 Å². The van der Waals surface area contributed by atoms with Gasteiger partial charge in [-0.05, 0) is 36.8 Å².